The van der Waals surface area contributed by atoms with Crippen molar-refractivity contribution in [1.29, 1.82) is 0 Å². The van der Waals surface area contributed by atoms with Crippen molar-refractivity contribution in [2.75, 3.05) is 60.2 Å². The summed E-state index contributed by atoms with van der Waals surface area (Å²) in [4.78, 5) is 28.9. The SMILES string of the molecule is COCCC(=O)N1CCN2C(C(c3ccccc3)c3ccccc3)CN(Cc3c(OC)nc(C4CC4)nc3OCC(F)(F)F)C[C@@H]2C1.Cl.Cl. The number of amides is 1. The molecule has 6 rings (SSSR count). The summed E-state index contributed by atoms with van der Waals surface area (Å²) < 4.78 is 56.3. The van der Waals surface area contributed by atoms with Gasteiger partial charge in [-0.3, -0.25) is 14.6 Å². The first-order chi connectivity index (χ1) is 22.7. The highest BCUT2D eigenvalue weighted by Crippen LogP contribution is 2.42. The lowest BCUT2D eigenvalue weighted by Crippen LogP contribution is -2.67. The van der Waals surface area contributed by atoms with E-state index >= 15 is 0 Å². The topological polar surface area (TPSA) is 80.3 Å². The number of methoxy groups -OCH3 is 2. The third kappa shape index (κ3) is 9.55. The molecule has 3 heterocycles. The van der Waals surface area contributed by atoms with Gasteiger partial charge in [0, 0.05) is 70.3 Å². The molecule has 2 atom stereocenters. The molecule has 14 heteroatoms. The molecule has 0 radical (unpaired) electrons. The second-order valence-corrected chi connectivity index (χ2v) is 12.6. The smallest absolute Gasteiger partial charge is 0.422 e. The predicted molar refractivity (Wildman–Crippen MR) is 184 cm³/mol. The number of carbonyl (C=O) groups is 1. The molecule has 0 bridgehead atoms. The van der Waals surface area contributed by atoms with Gasteiger partial charge in [0.25, 0.3) is 0 Å². The Morgan fingerprint density at radius 1 is 0.898 bits per heavy atom. The number of aromatic nitrogens is 2. The molecule has 1 amide bonds. The Morgan fingerprint density at radius 3 is 2.10 bits per heavy atom. The molecule has 3 aromatic rings. The Kier molecular flexibility index (Phi) is 13.5. The molecule has 2 saturated heterocycles. The van der Waals surface area contributed by atoms with Crippen molar-refractivity contribution in [3.63, 3.8) is 0 Å². The summed E-state index contributed by atoms with van der Waals surface area (Å²) in [5.74, 6) is 0.765. The highest BCUT2D eigenvalue weighted by Gasteiger charge is 2.43. The van der Waals surface area contributed by atoms with Crippen LogP contribution in [0.2, 0.25) is 0 Å². The predicted octanol–water partition coefficient (Wildman–Crippen LogP) is 5.71. The number of alkyl halides is 3. The molecular formula is C35H44Cl2F3N5O4. The first-order valence-corrected chi connectivity index (χ1v) is 16.2. The zero-order chi connectivity index (χ0) is 33.0. The number of halogens is 5. The molecule has 9 nitrogen and oxygen atoms in total. The minimum Gasteiger partial charge on any atom is -0.481 e. The minimum atomic E-state index is -4.52. The van der Waals surface area contributed by atoms with Crippen molar-refractivity contribution in [2.24, 2.45) is 0 Å². The van der Waals surface area contributed by atoms with Gasteiger partial charge in [0.1, 0.15) is 5.82 Å². The Hall–Kier alpha value is -3.16. The third-order valence-corrected chi connectivity index (χ3v) is 9.28. The van der Waals surface area contributed by atoms with E-state index < -0.39 is 12.8 Å². The maximum Gasteiger partial charge on any atom is 0.422 e. The fraction of sp³-hybridized carbons (Fsp3) is 0.514. The van der Waals surface area contributed by atoms with Crippen LogP contribution >= 0.6 is 24.8 Å². The van der Waals surface area contributed by atoms with Gasteiger partial charge in [-0.2, -0.15) is 23.1 Å². The van der Waals surface area contributed by atoms with E-state index in [0.29, 0.717) is 57.1 Å². The van der Waals surface area contributed by atoms with Crippen LogP contribution in [0.1, 0.15) is 53.6 Å². The number of ether oxygens (including phenoxy) is 3. The summed E-state index contributed by atoms with van der Waals surface area (Å²) in [6.07, 6.45) is -2.45. The molecule has 49 heavy (non-hydrogen) atoms. The Morgan fingerprint density at radius 2 is 1.53 bits per heavy atom. The Balaban J connectivity index is 0.00000270. The number of rotatable bonds is 12. The first kappa shape index (κ1) is 38.6. The molecule has 1 saturated carbocycles. The summed E-state index contributed by atoms with van der Waals surface area (Å²) >= 11 is 0. The van der Waals surface area contributed by atoms with Gasteiger partial charge in [-0.05, 0) is 24.0 Å². The molecule has 2 aromatic carbocycles. The summed E-state index contributed by atoms with van der Waals surface area (Å²) in [6, 6.07) is 20.8. The van der Waals surface area contributed by atoms with Crippen molar-refractivity contribution in [2.45, 2.75) is 55.9 Å². The molecule has 1 unspecified atom stereocenters. The second kappa shape index (κ2) is 17.2. The van der Waals surface area contributed by atoms with Crippen LogP contribution in [-0.2, 0) is 16.1 Å². The second-order valence-electron chi connectivity index (χ2n) is 12.6. The van der Waals surface area contributed by atoms with Gasteiger partial charge in [-0.1, -0.05) is 60.7 Å². The quantitative estimate of drug-likeness (QED) is 0.235. The van der Waals surface area contributed by atoms with Crippen molar-refractivity contribution in [1.82, 2.24) is 24.7 Å². The van der Waals surface area contributed by atoms with Crippen LogP contribution in [0.4, 0.5) is 13.2 Å². The first-order valence-electron chi connectivity index (χ1n) is 16.2. The number of hydrogen-bond donors (Lipinski definition) is 0. The van der Waals surface area contributed by atoms with E-state index in [9.17, 15) is 18.0 Å². The monoisotopic (exact) mass is 725 g/mol. The molecule has 3 fully saturated rings. The van der Waals surface area contributed by atoms with Crippen LogP contribution in [0.25, 0.3) is 0 Å². The maximum absolute atomic E-state index is 13.4. The van der Waals surface area contributed by atoms with E-state index in [0.717, 1.165) is 12.8 Å². The van der Waals surface area contributed by atoms with E-state index in [1.54, 1.807) is 7.11 Å². The number of nitrogens with zero attached hydrogens (tertiary/aromatic N) is 5. The zero-order valence-corrected chi connectivity index (χ0v) is 29.3. The summed E-state index contributed by atoms with van der Waals surface area (Å²) in [5.41, 5.74) is 2.74. The van der Waals surface area contributed by atoms with E-state index in [1.165, 1.54) is 18.2 Å². The van der Waals surface area contributed by atoms with Gasteiger partial charge in [-0.15, -0.1) is 24.8 Å². The van der Waals surface area contributed by atoms with Crippen molar-refractivity contribution in [3.8, 4) is 11.8 Å². The van der Waals surface area contributed by atoms with Crippen LogP contribution < -0.4 is 9.47 Å². The molecule has 3 aliphatic rings. The van der Waals surface area contributed by atoms with Crippen LogP contribution in [-0.4, -0.2) is 109 Å². The summed E-state index contributed by atoms with van der Waals surface area (Å²) in [5, 5.41) is 0. The Bertz CT molecular complexity index is 1460. The zero-order valence-electron chi connectivity index (χ0n) is 27.7. The number of hydrogen-bond acceptors (Lipinski definition) is 8. The van der Waals surface area contributed by atoms with Crippen LogP contribution in [0.15, 0.2) is 60.7 Å². The normalized spacial score (nSPS) is 19.8. The van der Waals surface area contributed by atoms with E-state index in [4.69, 9.17) is 14.2 Å². The maximum atomic E-state index is 13.4. The fourth-order valence-corrected chi connectivity index (χ4v) is 6.95. The average molecular weight is 727 g/mol. The summed E-state index contributed by atoms with van der Waals surface area (Å²) in [7, 11) is 3.06. The fourth-order valence-electron chi connectivity index (χ4n) is 6.95. The van der Waals surface area contributed by atoms with Crippen LogP contribution in [0, 0.1) is 0 Å². The van der Waals surface area contributed by atoms with Gasteiger partial charge >= 0.3 is 6.18 Å². The van der Waals surface area contributed by atoms with E-state index in [2.05, 4.69) is 44.0 Å². The summed E-state index contributed by atoms with van der Waals surface area (Å²) in [6.45, 7) is 2.22. The highest BCUT2D eigenvalue weighted by atomic mass is 35.5. The molecule has 1 aliphatic carbocycles. The lowest BCUT2D eigenvalue weighted by molar-refractivity contribution is -0.154. The molecule has 0 N–H and O–H groups in total. The number of piperazine rings is 2. The molecule has 2 aliphatic heterocycles. The van der Waals surface area contributed by atoms with Crippen molar-refractivity contribution >= 4 is 30.7 Å². The lowest BCUT2D eigenvalue weighted by Gasteiger charge is -2.53. The van der Waals surface area contributed by atoms with Crippen molar-refractivity contribution < 1.29 is 32.2 Å². The van der Waals surface area contributed by atoms with Gasteiger partial charge < -0.3 is 19.1 Å². The Labute approximate surface area is 297 Å². The van der Waals surface area contributed by atoms with Gasteiger partial charge in [0.05, 0.1) is 25.7 Å². The largest absolute Gasteiger partial charge is 0.481 e. The van der Waals surface area contributed by atoms with Gasteiger partial charge in [-0.25, -0.2) is 0 Å². The molecule has 268 valence electrons. The third-order valence-electron chi connectivity index (χ3n) is 9.28. The lowest BCUT2D eigenvalue weighted by atomic mass is 9.81. The number of carbonyl (C=O) groups excluding carboxylic acids is 1. The van der Waals surface area contributed by atoms with E-state index in [-0.39, 0.29) is 72.9 Å². The molecule has 1 aromatic heterocycles. The van der Waals surface area contributed by atoms with Crippen LogP contribution in [0.3, 0.4) is 0 Å². The van der Waals surface area contributed by atoms with Gasteiger partial charge in [0.15, 0.2) is 6.61 Å². The van der Waals surface area contributed by atoms with Crippen LogP contribution in [0.5, 0.6) is 11.8 Å². The van der Waals surface area contributed by atoms with E-state index in [1.807, 2.05) is 41.3 Å². The number of benzene rings is 2. The minimum absolute atomic E-state index is 0. The number of fused-ring (bicyclic) bond motifs is 1. The highest BCUT2D eigenvalue weighted by molar-refractivity contribution is 5.85. The molecule has 0 spiro atoms. The van der Waals surface area contributed by atoms with Gasteiger partial charge in [0.2, 0.25) is 17.7 Å². The average Bonchev–Trinajstić information content (AvgIpc) is 3.93. The molecular weight excluding hydrogens is 682 g/mol. The standard InChI is InChI=1S/C35H42F3N5O4.2ClH/c1-45-18-15-30(44)42-16-17-43-27(20-42)19-41(22-29(43)31(24-9-5-3-6-10-24)25-11-7-4-8-12-25)21-28-33(46-2)39-32(26-13-14-26)40-34(28)47-23-35(36,37)38;;/h3-12,26-27,29,31H,13-23H2,1-2H3;2*1H/t27-,29?;;/m1../s1. The van der Waals surface area contributed by atoms with Crippen molar-refractivity contribution in [3.05, 3.63) is 83.2 Å².